The number of amides is 1. The molecule has 0 spiro atoms. The van der Waals surface area contributed by atoms with E-state index in [0.717, 1.165) is 11.4 Å². The highest BCUT2D eigenvalue weighted by molar-refractivity contribution is 5.97. The van der Waals surface area contributed by atoms with Crippen molar-refractivity contribution >= 4 is 23.1 Å². The van der Waals surface area contributed by atoms with Crippen LogP contribution in [0, 0.1) is 0 Å². The number of hydrogen-bond acceptors (Lipinski definition) is 4. The van der Waals surface area contributed by atoms with Crippen LogP contribution < -0.4 is 15.4 Å². The zero-order valence-electron chi connectivity index (χ0n) is 13.4. The third-order valence-electron chi connectivity index (χ3n) is 3.43. The molecular formula is C18H20N2O3. The van der Waals surface area contributed by atoms with Gasteiger partial charge in [-0.05, 0) is 62.4 Å². The molecule has 0 fully saturated rings. The number of ketones is 1. The van der Waals surface area contributed by atoms with Gasteiger partial charge in [0.25, 0.3) is 0 Å². The Balaban J connectivity index is 1.94. The summed E-state index contributed by atoms with van der Waals surface area (Å²) in [5.74, 6) is 0.604. The fourth-order valence-corrected chi connectivity index (χ4v) is 2.04. The Kier molecular flexibility index (Phi) is 5.36. The maximum absolute atomic E-state index is 12.2. The molecule has 2 aromatic carbocycles. The van der Waals surface area contributed by atoms with E-state index in [9.17, 15) is 9.59 Å². The maximum Gasteiger partial charge on any atom is 0.246 e. The van der Waals surface area contributed by atoms with Crippen LogP contribution in [0.1, 0.15) is 24.2 Å². The van der Waals surface area contributed by atoms with Gasteiger partial charge in [0.1, 0.15) is 11.8 Å². The molecule has 0 aliphatic carbocycles. The molecule has 0 aliphatic rings. The molecule has 0 heterocycles. The smallest absolute Gasteiger partial charge is 0.246 e. The van der Waals surface area contributed by atoms with Crippen LogP contribution in [0.15, 0.2) is 48.5 Å². The van der Waals surface area contributed by atoms with E-state index in [0.29, 0.717) is 11.3 Å². The fourth-order valence-electron chi connectivity index (χ4n) is 2.04. The third-order valence-corrected chi connectivity index (χ3v) is 3.43. The average Bonchev–Trinajstić information content (AvgIpc) is 2.56. The number of hydrogen-bond donors (Lipinski definition) is 2. The average molecular weight is 312 g/mol. The van der Waals surface area contributed by atoms with Crippen molar-refractivity contribution in [2.24, 2.45) is 0 Å². The van der Waals surface area contributed by atoms with Crippen LogP contribution in [0.5, 0.6) is 5.75 Å². The molecule has 2 aromatic rings. The minimum absolute atomic E-state index is 0.00239. The van der Waals surface area contributed by atoms with Gasteiger partial charge in [-0.25, -0.2) is 0 Å². The van der Waals surface area contributed by atoms with Crippen LogP contribution >= 0.6 is 0 Å². The van der Waals surface area contributed by atoms with Gasteiger partial charge in [-0.3, -0.25) is 9.59 Å². The number of ether oxygens (including phenoxy) is 1. The van der Waals surface area contributed by atoms with Crippen molar-refractivity contribution in [1.82, 2.24) is 0 Å². The molecule has 0 aromatic heterocycles. The van der Waals surface area contributed by atoms with E-state index >= 15 is 0 Å². The van der Waals surface area contributed by atoms with Crippen LogP contribution in [0.2, 0.25) is 0 Å². The van der Waals surface area contributed by atoms with Crippen molar-refractivity contribution in [3.05, 3.63) is 54.1 Å². The number of benzene rings is 2. The van der Waals surface area contributed by atoms with Crippen LogP contribution in [0.4, 0.5) is 11.4 Å². The SMILES string of the molecule is COc1ccc(N[C@H](C)C(=O)Nc2ccc(C(C)=O)cc2)cc1. The van der Waals surface area contributed by atoms with Gasteiger partial charge in [0, 0.05) is 16.9 Å². The van der Waals surface area contributed by atoms with Crippen LogP contribution in [-0.4, -0.2) is 24.8 Å². The number of rotatable bonds is 6. The first-order valence-corrected chi connectivity index (χ1v) is 7.32. The first kappa shape index (κ1) is 16.5. The Bertz CT molecular complexity index is 678. The second kappa shape index (κ2) is 7.45. The van der Waals surface area contributed by atoms with E-state index in [1.54, 1.807) is 38.3 Å². The lowest BCUT2D eigenvalue weighted by atomic mass is 10.1. The summed E-state index contributed by atoms with van der Waals surface area (Å²) in [5.41, 5.74) is 2.11. The third kappa shape index (κ3) is 4.57. The molecule has 0 bridgehead atoms. The molecule has 1 amide bonds. The van der Waals surface area contributed by atoms with E-state index in [1.165, 1.54) is 6.92 Å². The fraction of sp³-hybridized carbons (Fsp3) is 0.222. The predicted molar refractivity (Wildman–Crippen MR) is 91.2 cm³/mol. The normalized spacial score (nSPS) is 11.4. The predicted octanol–water partition coefficient (Wildman–Crippen LogP) is 3.34. The van der Waals surface area contributed by atoms with E-state index in [-0.39, 0.29) is 11.7 Å². The van der Waals surface area contributed by atoms with Crippen molar-refractivity contribution in [3.63, 3.8) is 0 Å². The summed E-state index contributed by atoms with van der Waals surface area (Å²) >= 11 is 0. The first-order chi connectivity index (χ1) is 11.0. The zero-order chi connectivity index (χ0) is 16.8. The molecule has 5 heteroatoms. The van der Waals surface area contributed by atoms with Gasteiger partial charge in [0.15, 0.2) is 5.78 Å². The van der Waals surface area contributed by atoms with Gasteiger partial charge in [-0.2, -0.15) is 0 Å². The minimum Gasteiger partial charge on any atom is -0.497 e. The number of carbonyl (C=O) groups is 2. The lowest BCUT2D eigenvalue weighted by Crippen LogP contribution is -2.31. The molecule has 0 saturated heterocycles. The van der Waals surface area contributed by atoms with E-state index in [1.807, 2.05) is 24.3 Å². The van der Waals surface area contributed by atoms with Gasteiger partial charge in [0.05, 0.1) is 7.11 Å². The van der Waals surface area contributed by atoms with Gasteiger partial charge in [0.2, 0.25) is 5.91 Å². The van der Waals surface area contributed by atoms with E-state index in [2.05, 4.69) is 10.6 Å². The quantitative estimate of drug-likeness (QED) is 0.803. The summed E-state index contributed by atoms with van der Waals surface area (Å²) in [4.78, 5) is 23.4. The highest BCUT2D eigenvalue weighted by Gasteiger charge is 2.13. The zero-order valence-corrected chi connectivity index (χ0v) is 13.4. The number of anilines is 2. The molecule has 120 valence electrons. The summed E-state index contributed by atoms with van der Waals surface area (Å²) in [7, 11) is 1.61. The van der Waals surface area contributed by atoms with Crippen molar-refractivity contribution in [2.45, 2.75) is 19.9 Å². The van der Waals surface area contributed by atoms with Crippen LogP contribution in [0.25, 0.3) is 0 Å². The number of nitrogens with one attached hydrogen (secondary N) is 2. The monoisotopic (exact) mass is 312 g/mol. The summed E-state index contributed by atoms with van der Waals surface area (Å²) in [6.45, 7) is 3.29. The molecule has 0 radical (unpaired) electrons. The van der Waals surface area contributed by atoms with E-state index < -0.39 is 6.04 Å². The van der Waals surface area contributed by atoms with Crippen molar-refractivity contribution in [2.75, 3.05) is 17.7 Å². The summed E-state index contributed by atoms with van der Waals surface area (Å²) in [6.07, 6.45) is 0. The molecule has 0 unspecified atom stereocenters. The van der Waals surface area contributed by atoms with Gasteiger partial charge < -0.3 is 15.4 Å². The topological polar surface area (TPSA) is 67.4 Å². The van der Waals surface area contributed by atoms with Gasteiger partial charge >= 0.3 is 0 Å². The van der Waals surface area contributed by atoms with Crippen LogP contribution in [-0.2, 0) is 4.79 Å². The maximum atomic E-state index is 12.2. The number of methoxy groups -OCH3 is 1. The highest BCUT2D eigenvalue weighted by Crippen LogP contribution is 2.16. The lowest BCUT2D eigenvalue weighted by Gasteiger charge is -2.15. The van der Waals surface area contributed by atoms with Crippen molar-refractivity contribution in [1.29, 1.82) is 0 Å². The lowest BCUT2D eigenvalue weighted by molar-refractivity contribution is -0.116. The summed E-state index contributed by atoms with van der Waals surface area (Å²) in [5, 5.41) is 5.93. The molecule has 5 nitrogen and oxygen atoms in total. The molecule has 23 heavy (non-hydrogen) atoms. The van der Waals surface area contributed by atoms with Gasteiger partial charge in [-0.15, -0.1) is 0 Å². The van der Waals surface area contributed by atoms with Gasteiger partial charge in [-0.1, -0.05) is 0 Å². The number of carbonyl (C=O) groups excluding carboxylic acids is 2. The minimum atomic E-state index is -0.407. The Hall–Kier alpha value is -2.82. The molecule has 0 saturated carbocycles. The Labute approximate surface area is 135 Å². The molecule has 0 aliphatic heterocycles. The second-order valence-corrected chi connectivity index (χ2v) is 5.22. The summed E-state index contributed by atoms with van der Waals surface area (Å²) < 4.78 is 5.10. The number of Topliss-reactive ketones (excluding diaryl/α,β-unsaturated/α-hetero) is 1. The molecule has 1 atom stereocenters. The molecule has 2 N–H and O–H groups in total. The van der Waals surface area contributed by atoms with Crippen molar-refractivity contribution < 1.29 is 14.3 Å². The Morgan fingerprint density at radius 3 is 2.04 bits per heavy atom. The second-order valence-electron chi connectivity index (χ2n) is 5.22. The Morgan fingerprint density at radius 1 is 0.957 bits per heavy atom. The highest BCUT2D eigenvalue weighted by atomic mass is 16.5. The first-order valence-electron chi connectivity index (χ1n) is 7.32. The summed E-state index contributed by atoms with van der Waals surface area (Å²) in [6, 6.07) is 13.8. The van der Waals surface area contributed by atoms with E-state index in [4.69, 9.17) is 4.74 Å². The Morgan fingerprint density at radius 2 is 1.52 bits per heavy atom. The standard InChI is InChI=1S/C18H20N2O3/c1-12(19-15-8-10-17(23-3)11-9-15)18(22)20-16-6-4-14(5-7-16)13(2)21/h4-12,19H,1-3H3,(H,20,22)/t12-/m1/s1. The van der Waals surface area contributed by atoms with Crippen LogP contribution in [0.3, 0.4) is 0 Å². The van der Waals surface area contributed by atoms with Crippen molar-refractivity contribution in [3.8, 4) is 5.75 Å². The molecule has 2 rings (SSSR count). The largest absolute Gasteiger partial charge is 0.497 e. The molecular weight excluding hydrogens is 292 g/mol.